The molecular formula is C26H25BrN4OS. The maximum absolute atomic E-state index is 11.1. The average Bonchev–Trinajstić information content (AvgIpc) is 3.03. The quantitative estimate of drug-likeness (QED) is 0.208. The van der Waals surface area contributed by atoms with Crippen molar-refractivity contribution in [3.63, 3.8) is 0 Å². The Morgan fingerprint density at radius 2 is 1.88 bits per heavy atom. The SMILES string of the molecule is CCc1cccc(C)c1NC(=S)N=Nc1c(O)n(Cc2cccc(C)c2)c2ccc(Br)cc12. The normalized spacial score (nSPS) is 11.4. The molecule has 0 atom stereocenters. The molecule has 2 N–H and O–H groups in total. The fourth-order valence-corrected chi connectivity index (χ4v) is 4.48. The number of halogens is 1. The van der Waals surface area contributed by atoms with E-state index in [2.05, 4.69) is 63.5 Å². The number of aromatic hydroxyl groups is 1. The minimum Gasteiger partial charge on any atom is -0.493 e. The second kappa shape index (κ2) is 9.85. The van der Waals surface area contributed by atoms with E-state index < -0.39 is 0 Å². The lowest BCUT2D eigenvalue weighted by molar-refractivity contribution is 0.429. The number of aryl methyl sites for hydroxylation is 3. The molecule has 0 radical (unpaired) electrons. The van der Waals surface area contributed by atoms with E-state index >= 15 is 0 Å². The van der Waals surface area contributed by atoms with Gasteiger partial charge in [-0.1, -0.05) is 70.9 Å². The van der Waals surface area contributed by atoms with E-state index in [1.807, 2.05) is 54.0 Å². The van der Waals surface area contributed by atoms with Gasteiger partial charge in [0.05, 0.1) is 12.1 Å². The van der Waals surface area contributed by atoms with Crippen molar-refractivity contribution in [2.24, 2.45) is 10.2 Å². The Labute approximate surface area is 207 Å². The van der Waals surface area contributed by atoms with Crippen molar-refractivity contribution in [1.82, 2.24) is 4.57 Å². The molecule has 168 valence electrons. The Morgan fingerprint density at radius 1 is 1.09 bits per heavy atom. The maximum Gasteiger partial charge on any atom is 0.221 e. The third kappa shape index (κ3) is 4.99. The van der Waals surface area contributed by atoms with Gasteiger partial charge in [0.25, 0.3) is 0 Å². The lowest BCUT2D eigenvalue weighted by atomic mass is 10.1. The molecule has 3 aromatic carbocycles. The van der Waals surface area contributed by atoms with Crippen LogP contribution in [0.5, 0.6) is 5.88 Å². The van der Waals surface area contributed by atoms with Crippen LogP contribution in [0.25, 0.3) is 10.9 Å². The number of benzene rings is 3. The van der Waals surface area contributed by atoms with Crippen molar-refractivity contribution >= 4 is 55.5 Å². The molecule has 7 heteroatoms. The van der Waals surface area contributed by atoms with E-state index in [-0.39, 0.29) is 11.0 Å². The second-order valence-electron chi connectivity index (χ2n) is 8.00. The summed E-state index contributed by atoms with van der Waals surface area (Å²) in [6, 6.07) is 20.2. The number of hydrogen-bond donors (Lipinski definition) is 2. The average molecular weight is 521 g/mol. The highest BCUT2D eigenvalue weighted by Crippen LogP contribution is 2.40. The zero-order valence-electron chi connectivity index (χ0n) is 18.8. The van der Waals surface area contributed by atoms with E-state index in [0.717, 1.165) is 44.2 Å². The van der Waals surface area contributed by atoms with Crippen molar-refractivity contribution < 1.29 is 5.11 Å². The van der Waals surface area contributed by atoms with Crippen LogP contribution in [0, 0.1) is 13.8 Å². The highest BCUT2D eigenvalue weighted by molar-refractivity contribution is 9.10. The number of azo groups is 1. The first-order valence-electron chi connectivity index (χ1n) is 10.7. The third-order valence-corrected chi connectivity index (χ3v) is 6.28. The molecule has 4 rings (SSSR count). The molecule has 0 spiro atoms. The summed E-state index contributed by atoms with van der Waals surface area (Å²) in [5.74, 6) is 0.0568. The summed E-state index contributed by atoms with van der Waals surface area (Å²) in [5.41, 5.74) is 6.74. The summed E-state index contributed by atoms with van der Waals surface area (Å²) in [5, 5.41) is 23.9. The van der Waals surface area contributed by atoms with E-state index in [9.17, 15) is 5.11 Å². The summed E-state index contributed by atoms with van der Waals surface area (Å²) in [6.45, 7) is 6.71. The van der Waals surface area contributed by atoms with E-state index in [1.54, 1.807) is 0 Å². The van der Waals surface area contributed by atoms with Gasteiger partial charge >= 0.3 is 0 Å². The summed E-state index contributed by atoms with van der Waals surface area (Å²) in [7, 11) is 0. The Hall–Kier alpha value is -3.03. The zero-order chi connectivity index (χ0) is 23.5. The van der Waals surface area contributed by atoms with Gasteiger partial charge in [-0.3, -0.25) is 0 Å². The summed E-state index contributed by atoms with van der Waals surface area (Å²) in [6.07, 6.45) is 0.880. The fraction of sp³-hybridized carbons (Fsp3) is 0.192. The molecule has 0 amide bonds. The molecule has 0 bridgehead atoms. The molecule has 0 unspecified atom stereocenters. The van der Waals surface area contributed by atoms with Crippen molar-refractivity contribution in [3.8, 4) is 5.88 Å². The predicted octanol–water partition coefficient (Wildman–Crippen LogP) is 7.82. The Bertz CT molecular complexity index is 1380. The molecule has 0 aliphatic heterocycles. The van der Waals surface area contributed by atoms with Crippen molar-refractivity contribution in [2.45, 2.75) is 33.7 Å². The third-order valence-electron chi connectivity index (χ3n) is 5.61. The molecule has 5 nitrogen and oxygen atoms in total. The number of aromatic nitrogens is 1. The summed E-state index contributed by atoms with van der Waals surface area (Å²) >= 11 is 8.97. The molecule has 0 fully saturated rings. The van der Waals surface area contributed by atoms with Gasteiger partial charge in [-0.15, -0.1) is 10.2 Å². The van der Waals surface area contributed by atoms with Crippen LogP contribution in [0.3, 0.4) is 0 Å². The molecule has 1 heterocycles. The standard InChI is InChI=1S/C26H25BrN4OS/c1-4-19-10-6-8-17(3)23(19)28-26(33)30-29-24-21-14-20(27)11-12-22(21)31(25(24)32)15-18-9-5-7-16(2)13-18/h5-14,32H,4,15H2,1-3H3,(H,28,33). The number of nitrogens with one attached hydrogen (secondary N) is 1. The molecule has 4 aromatic rings. The Kier molecular flexibility index (Phi) is 6.91. The van der Waals surface area contributed by atoms with Crippen molar-refractivity contribution in [3.05, 3.63) is 87.4 Å². The Balaban J connectivity index is 1.69. The molecule has 0 aliphatic carbocycles. The van der Waals surface area contributed by atoms with Gasteiger partial charge in [-0.25, -0.2) is 0 Å². The predicted molar refractivity (Wildman–Crippen MR) is 143 cm³/mol. The lowest BCUT2D eigenvalue weighted by Crippen LogP contribution is -2.08. The van der Waals surface area contributed by atoms with E-state index in [0.29, 0.717) is 12.2 Å². The lowest BCUT2D eigenvalue weighted by Gasteiger charge is -2.12. The molecule has 0 saturated carbocycles. The van der Waals surface area contributed by atoms with Crippen molar-refractivity contribution in [1.29, 1.82) is 0 Å². The first-order chi connectivity index (χ1) is 15.9. The monoisotopic (exact) mass is 520 g/mol. The van der Waals surface area contributed by atoms with E-state index in [1.165, 1.54) is 5.56 Å². The van der Waals surface area contributed by atoms with Gasteiger partial charge in [-0.05, 0) is 67.4 Å². The number of rotatable bonds is 5. The van der Waals surface area contributed by atoms with Crippen LogP contribution >= 0.6 is 28.1 Å². The highest BCUT2D eigenvalue weighted by Gasteiger charge is 2.18. The largest absolute Gasteiger partial charge is 0.493 e. The number of fused-ring (bicyclic) bond motifs is 1. The highest BCUT2D eigenvalue weighted by atomic mass is 79.9. The molecule has 1 aromatic heterocycles. The van der Waals surface area contributed by atoms with Crippen LogP contribution < -0.4 is 5.32 Å². The number of thiocarbonyl (C=S) groups is 1. The van der Waals surface area contributed by atoms with Gasteiger partial charge in [0.15, 0.2) is 5.69 Å². The van der Waals surface area contributed by atoms with Crippen LogP contribution in [-0.2, 0) is 13.0 Å². The minimum atomic E-state index is 0.0568. The van der Waals surface area contributed by atoms with Crippen molar-refractivity contribution in [2.75, 3.05) is 5.32 Å². The fourth-order valence-electron chi connectivity index (χ4n) is 3.98. The van der Waals surface area contributed by atoms with Gasteiger partial charge < -0.3 is 15.0 Å². The summed E-state index contributed by atoms with van der Waals surface area (Å²) in [4.78, 5) is 0. The molecular weight excluding hydrogens is 496 g/mol. The van der Waals surface area contributed by atoms with Crippen LogP contribution in [0.2, 0.25) is 0 Å². The van der Waals surface area contributed by atoms with E-state index in [4.69, 9.17) is 12.2 Å². The second-order valence-corrected chi connectivity index (χ2v) is 9.30. The van der Waals surface area contributed by atoms with Gasteiger partial charge in [0.2, 0.25) is 11.0 Å². The van der Waals surface area contributed by atoms with Crippen LogP contribution in [0.15, 0.2) is 75.4 Å². The first kappa shape index (κ1) is 23.1. The summed E-state index contributed by atoms with van der Waals surface area (Å²) < 4.78 is 2.74. The molecule has 0 saturated heterocycles. The molecule has 33 heavy (non-hydrogen) atoms. The smallest absolute Gasteiger partial charge is 0.221 e. The van der Waals surface area contributed by atoms with Crippen LogP contribution in [-0.4, -0.2) is 14.8 Å². The first-order valence-corrected chi connectivity index (χ1v) is 11.9. The number of para-hydroxylation sites is 1. The van der Waals surface area contributed by atoms with Gasteiger partial charge in [0.1, 0.15) is 0 Å². The van der Waals surface area contributed by atoms with Crippen LogP contribution in [0.1, 0.15) is 29.2 Å². The van der Waals surface area contributed by atoms with Gasteiger partial charge in [0, 0.05) is 15.5 Å². The van der Waals surface area contributed by atoms with Gasteiger partial charge in [-0.2, -0.15) is 0 Å². The minimum absolute atomic E-state index is 0.0568. The number of anilines is 1. The molecule has 0 aliphatic rings. The number of hydrogen-bond acceptors (Lipinski definition) is 3. The Morgan fingerprint density at radius 3 is 2.64 bits per heavy atom. The number of nitrogens with zero attached hydrogens (tertiary/aromatic N) is 3. The maximum atomic E-state index is 11.1. The zero-order valence-corrected chi connectivity index (χ0v) is 21.2. The topological polar surface area (TPSA) is 61.9 Å². The van der Waals surface area contributed by atoms with Crippen LogP contribution in [0.4, 0.5) is 11.4 Å².